The Labute approximate surface area is 220 Å². The average molecular weight is 517 g/mol. The van der Waals surface area contributed by atoms with Gasteiger partial charge in [-0.2, -0.15) is 0 Å². The molecule has 3 heterocycles. The summed E-state index contributed by atoms with van der Waals surface area (Å²) in [5.41, 5.74) is 4.26. The molecule has 2 saturated heterocycles. The van der Waals surface area contributed by atoms with E-state index in [1.165, 1.54) is 23.4 Å². The summed E-state index contributed by atoms with van der Waals surface area (Å²) in [7, 11) is 0. The fraction of sp³-hybridized carbons (Fsp3) is 0.310. The molecular weight excluding hydrogens is 487 g/mol. The van der Waals surface area contributed by atoms with Crippen LogP contribution in [-0.4, -0.2) is 55.3 Å². The molecule has 3 aromatic rings. The molecule has 3 aliphatic rings. The molecule has 6 rings (SSSR count). The van der Waals surface area contributed by atoms with Crippen molar-refractivity contribution in [3.05, 3.63) is 89.7 Å². The third-order valence-electron chi connectivity index (χ3n) is 7.57. The van der Waals surface area contributed by atoms with Crippen LogP contribution in [0.4, 0.5) is 21.5 Å². The van der Waals surface area contributed by atoms with Crippen LogP contribution >= 0.6 is 11.8 Å². The van der Waals surface area contributed by atoms with E-state index in [0.717, 1.165) is 23.4 Å². The molecule has 6 nitrogen and oxygen atoms in total. The molecule has 3 aliphatic heterocycles. The van der Waals surface area contributed by atoms with Gasteiger partial charge < -0.3 is 4.90 Å². The number of fused-ring (bicyclic) bond motifs is 2. The summed E-state index contributed by atoms with van der Waals surface area (Å²) in [5.74, 6) is -0.0972. The third kappa shape index (κ3) is 3.90. The van der Waals surface area contributed by atoms with Crippen LogP contribution in [0.5, 0.6) is 0 Å². The van der Waals surface area contributed by atoms with E-state index in [1.54, 1.807) is 11.0 Å². The number of hydrogen-bond acceptors (Lipinski definition) is 5. The third-order valence-corrected chi connectivity index (χ3v) is 8.96. The van der Waals surface area contributed by atoms with Gasteiger partial charge in [0.25, 0.3) is 5.91 Å². The first-order chi connectivity index (χ1) is 18.0. The molecule has 0 unspecified atom stereocenters. The summed E-state index contributed by atoms with van der Waals surface area (Å²) < 4.78 is 14.3. The van der Waals surface area contributed by atoms with Gasteiger partial charge in [0.15, 0.2) is 0 Å². The Morgan fingerprint density at radius 2 is 1.54 bits per heavy atom. The molecule has 190 valence electrons. The van der Waals surface area contributed by atoms with Crippen molar-refractivity contribution in [2.75, 3.05) is 53.3 Å². The van der Waals surface area contributed by atoms with Crippen molar-refractivity contribution in [3.63, 3.8) is 0 Å². The van der Waals surface area contributed by atoms with Crippen LogP contribution in [-0.2, 0) is 20.9 Å². The molecule has 0 radical (unpaired) electrons. The van der Waals surface area contributed by atoms with Crippen LogP contribution in [0.25, 0.3) is 0 Å². The number of thioether (sulfide) groups is 1. The number of piperazine rings is 1. The highest BCUT2D eigenvalue weighted by atomic mass is 32.2. The van der Waals surface area contributed by atoms with Crippen LogP contribution in [0, 0.1) is 5.82 Å². The van der Waals surface area contributed by atoms with E-state index >= 15 is 0 Å². The zero-order valence-corrected chi connectivity index (χ0v) is 21.6. The first-order valence-electron chi connectivity index (χ1n) is 12.7. The van der Waals surface area contributed by atoms with Gasteiger partial charge in [-0.15, -0.1) is 11.8 Å². The van der Waals surface area contributed by atoms with E-state index in [-0.39, 0.29) is 23.4 Å². The molecule has 3 aromatic carbocycles. The van der Waals surface area contributed by atoms with Gasteiger partial charge in [-0.25, -0.2) is 4.39 Å². The summed E-state index contributed by atoms with van der Waals surface area (Å²) in [5, 5.41) is 0. The number of rotatable bonds is 5. The van der Waals surface area contributed by atoms with Crippen molar-refractivity contribution < 1.29 is 14.0 Å². The largest absolute Gasteiger partial charge is 0.367 e. The van der Waals surface area contributed by atoms with Crippen molar-refractivity contribution in [2.45, 2.75) is 18.2 Å². The van der Waals surface area contributed by atoms with Crippen molar-refractivity contribution in [2.24, 2.45) is 0 Å². The van der Waals surface area contributed by atoms with Gasteiger partial charge in [-0.05, 0) is 42.3 Å². The zero-order valence-electron chi connectivity index (χ0n) is 20.8. The van der Waals surface area contributed by atoms with Crippen LogP contribution < -0.4 is 14.7 Å². The molecule has 1 spiro atoms. The lowest BCUT2D eigenvalue weighted by molar-refractivity contribution is -0.124. The normalized spacial score (nSPS) is 21.8. The fourth-order valence-electron chi connectivity index (χ4n) is 5.61. The Hall–Kier alpha value is -3.36. The number of carbonyl (C=O) groups excluding carboxylic acids is 2. The predicted octanol–water partition coefficient (Wildman–Crippen LogP) is 4.45. The maximum atomic E-state index is 14.3. The molecule has 0 aliphatic carbocycles. The number of amides is 2. The maximum Gasteiger partial charge on any atom is 0.269 e. The number of aryl methyl sites for hydroxylation is 1. The predicted molar refractivity (Wildman–Crippen MR) is 146 cm³/mol. The van der Waals surface area contributed by atoms with Crippen molar-refractivity contribution in [3.8, 4) is 0 Å². The van der Waals surface area contributed by atoms with Crippen molar-refractivity contribution in [1.82, 2.24) is 4.90 Å². The summed E-state index contributed by atoms with van der Waals surface area (Å²) in [6.07, 6.45) is 0.911. The Bertz CT molecular complexity index is 1340. The molecule has 37 heavy (non-hydrogen) atoms. The Morgan fingerprint density at radius 3 is 2.24 bits per heavy atom. The fourth-order valence-corrected chi connectivity index (χ4v) is 6.97. The van der Waals surface area contributed by atoms with Gasteiger partial charge in [0.05, 0.1) is 23.8 Å². The minimum Gasteiger partial charge on any atom is -0.367 e. The lowest BCUT2D eigenvalue weighted by Gasteiger charge is -2.38. The number of benzene rings is 3. The van der Waals surface area contributed by atoms with Crippen LogP contribution in [0.15, 0.2) is 72.8 Å². The number of carbonyl (C=O) groups is 2. The molecule has 0 N–H and O–H groups in total. The van der Waals surface area contributed by atoms with Gasteiger partial charge >= 0.3 is 0 Å². The highest BCUT2D eigenvalue weighted by Crippen LogP contribution is 2.55. The standard InChI is InChI=1S/C29H29FN4O2S/c1-2-21-11-13-22(14-12-21)34-27(35)19-37-29(34)23-7-3-5-9-25(23)33(28(29)36)20-31-15-17-32(18-16-31)26-10-6-4-8-24(26)30/h3-14H,2,15-20H2,1H3/t29-/m1/s1. The second kappa shape index (κ2) is 9.50. The Kier molecular flexibility index (Phi) is 6.16. The molecule has 0 aromatic heterocycles. The number of anilines is 3. The zero-order chi connectivity index (χ0) is 25.6. The quantitative estimate of drug-likeness (QED) is 0.502. The molecule has 2 amide bonds. The molecule has 0 saturated carbocycles. The van der Waals surface area contributed by atoms with Gasteiger partial charge in [-0.1, -0.05) is 49.4 Å². The topological polar surface area (TPSA) is 47.1 Å². The molecule has 8 heteroatoms. The number of hydrogen-bond donors (Lipinski definition) is 0. The first-order valence-corrected chi connectivity index (χ1v) is 13.7. The summed E-state index contributed by atoms with van der Waals surface area (Å²) >= 11 is 1.41. The summed E-state index contributed by atoms with van der Waals surface area (Å²) in [4.78, 5) is 34.2. The highest BCUT2D eigenvalue weighted by Gasteiger charge is 2.61. The van der Waals surface area contributed by atoms with E-state index in [4.69, 9.17) is 0 Å². The van der Waals surface area contributed by atoms with Crippen molar-refractivity contribution in [1.29, 1.82) is 0 Å². The van der Waals surface area contributed by atoms with Gasteiger partial charge in [0.1, 0.15) is 5.82 Å². The van der Waals surface area contributed by atoms with Gasteiger partial charge in [0, 0.05) is 37.4 Å². The van der Waals surface area contributed by atoms with Crippen molar-refractivity contribution >= 4 is 40.6 Å². The summed E-state index contributed by atoms with van der Waals surface area (Å²) in [6.45, 7) is 5.30. The highest BCUT2D eigenvalue weighted by molar-refractivity contribution is 8.02. The Balaban J connectivity index is 1.27. The molecule has 0 bridgehead atoms. The van der Waals surface area contributed by atoms with E-state index in [1.807, 2.05) is 65.6 Å². The number of para-hydroxylation sites is 2. The smallest absolute Gasteiger partial charge is 0.269 e. The molecule has 2 fully saturated rings. The lowest BCUT2D eigenvalue weighted by Crippen LogP contribution is -2.54. The van der Waals surface area contributed by atoms with E-state index in [0.29, 0.717) is 38.5 Å². The van der Waals surface area contributed by atoms with Crippen LogP contribution in [0.1, 0.15) is 18.1 Å². The molecule has 1 atom stereocenters. The second-order valence-corrected chi connectivity index (χ2v) is 10.8. The molecular formula is C29H29FN4O2S. The Morgan fingerprint density at radius 1 is 0.865 bits per heavy atom. The maximum absolute atomic E-state index is 14.3. The minimum absolute atomic E-state index is 0.0576. The first kappa shape index (κ1) is 24.0. The number of halogens is 1. The minimum atomic E-state index is -1.10. The SMILES string of the molecule is CCc1ccc(N2C(=O)CS[C@]23C(=O)N(CN2CCN(c4ccccc4F)CC2)c2ccccc23)cc1. The van der Waals surface area contributed by atoms with E-state index in [2.05, 4.69) is 16.7 Å². The lowest BCUT2D eigenvalue weighted by atomic mass is 10.0. The van der Waals surface area contributed by atoms with Crippen LogP contribution in [0.2, 0.25) is 0 Å². The number of nitrogens with zero attached hydrogens (tertiary/aromatic N) is 4. The second-order valence-electron chi connectivity index (χ2n) is 9.63. The van der Waals surface area contributed by atoms with Crippen LogP contribution in [0.3, 0.4) is 0 Å². The average Bonchev–Trinajstić information content (AvgIpc) is 3.40. The van der Waals surface area contributed by atoms with Gasteiger partial charge in [0.2, 0.25) is 10.8 Å². The van der Waals surface area contributed by atoms with E-state index < -0.39 is 4.87 Å². The summed E-state index contributed by atoms with van der Waals surface area (Å²) in [6, 6.07) is 22.6. The monoisotopic (exact) mass is 516 g/mol. The van der Waals surface area contributed by atoms with Gasteiger partial charge in [-0.3, -0.25) is 24.3 Å². The van der Waals surface area contributed by atoms with E-state index in [9.17, 15) is 14.0 Å².